The summed E-state index contributed by atoms with van der Waals surface area (Å²) in [7, 11) is 0. The van der Waals surface area contributed by atoms with Crippen molar-refractivity contribution in [3.63, 3.8) is 0 Å². The fourth-order valence-electron chi connectivity index (χ4n) is 3.34. The minimum absolute atomic E-state index is 0.569. The maximum Gasteiger partial charge on any atom is 0.0323 e. The lowest BCUT2D eigenvalue weighted by atomic mass is 9.81. The monoisotopic (exact) mass is 274 g/mol. The van der Waals surface area contributed by atoms with Gasteiger partial charge in [-0.15, -0.1) is 0 Å². The van der Waals surface area contributed by atoms with Crippen LogP contribution in [0.3, 0.4) is 0 Å². The smallest absolute Gasteiger partial charge is 0.0323 e. The van der Waals surface area contributed by atoms with E-state index in [2.05, 4.69) is 55.3 Å². The van der Waals surface area contributed by atoms with Gasteiger partial charge >= 0.3 is 0 Å². The number of rotatable bonds is 7. The third-order valence-electron chi connectivity index (χ3n) is 4.73. The van der Waals surface area contributed by atoms with Gasteiger partial charge in [-0.3, -0.25) is 0 Å². The van der Waals surface area contributed by atoms with Gasteiger partial charge < -0.3 is 10.2 Å². The summed E-state index contributed by atoms with van der Waals surface area (Å²) in [5.74, 6) is 0.722. The zero-order chi connectivity index (χ0) is 14.4. The van der Waals surface area contributed by atoms with Gasteiger partial charge in [0.1, 0.15) is 0 Å². The average Bonchev–Trinajstić information content (AvgIpc) is 2.50. The standard InChI is InChI=1S/C18H30N2/c1-4-20(5-2)14-8-13-19-18-12-11-15(3)16-9-6-7-10-17(16)18/h6-7,9-10,15,18-19H,4-5,8,11-14H2,1-3H3. The Bertz CT molecular complexity index is 398. The van der Waals surface area contributed by atoms with E-state index in [1.54, 1.807) is 5.56 Å². The van der Waals surface area contributed by atoms with Crippen LogP contribution in [0.15, 0.2) is 24.3 Å². The van der Waals surface area contributed by atoms with Crippen LogP contribution in [0.5, 0.6) is 0 Å². The number of nitrogens with one attached hydrogen (secondary N) is 1. The molecule has 0 radical (unpaired) electrons. The Labute approximate surface area is 124 Å². The summed E-state index contributed by atoms with van der Waals surface area (Å²) in [4.78, 5) is 2.50. The average molecular weight is 274 g/mol. The molecule has 2 atom stereocenters. The molecule has 1 aromatic rings. The second kappa shape index (κ2) is 7.80. The molecular formula is C18H30N2. The molecule has 1 aliphatic rings. The Morgan fingerprint density at radius 3 is 2.50 bits per heavy atom. The highest BCUT2D eigenvalue weighted by molar-refractivity contribution is 5.34. The highest BCUT2D eigenvalue weighted by atomic mass is 15.1. The first kappa shape index (κ1) is 15.5. The Hall–Kier alpha value is -0.860. The van der Waals surface area contributed by atoms with Crippen LogP contribution in [0.1, 0.15) is 63.1 Å². The van der Waals surface area contributed by atoms with E-state index in [1.165, 1.54) is 44.5 Å². The van der Waals surface area contributed by atoms with Gasteiger partial charge in [0.15, 0.2) is 0 Å². The van der Waals surface area contributed by atoms with Crippen LogP contribution in [0.4, 0.5) is 0 Å². The second-order valence-electron chi connectivity index (χ2n) is 5.99. The summed E-state index contributed by atoms with van der Waals surface area (Å²) in [5, 5.41) is 3.78. The van der Waals surface area contributed by atoms with Crippen molar-refractivity contribution >= 4 is 0 Å². The maximum absolute atomic E-state index is 3.78. The van der Waals surface area contributed by atoms with Crippen LogP contribution in [-0.2, 0) is 0 Å². The number of hydrogen-bond donors (Lipinski definition) is 1. The Kier molecular flexibility index (Phi) is 6.06. The minimum Gasteiger partial charge on any atom is -0.310 e. The summed E-state index contributed by atoms with van der Waals surface area (Å²) < 4.78 is 0. The van der Waals surface area contributed by atoms with E-state index in [4.69, 9.17) is 0 Å². The van der Waals surface area contributed by atoms with E-state index in [-0.39, 0.29) is 0 Å². The van der Waals surface area contributed by atoms with Gasteiger partial charge in [0.2, 0.25) is 0 Å². The van der Waals surface area contributed by atoms with E-state index >= 15 is 0 Å². The van der Waals surface area contributed by atoms with Crippen molar-refractivity contribution in [3.8, 4) is 0 Å². The van der Waals surface area contributed by atoms with E-state index in [1.807, 2.05) is 0 Å². The Balaban J connectivity index is 1.84. The molecule has 20 heavy (non-hydrogen) atoms. The van der Waals surface area contributed by atoms with Crippen LogP contribution in [-0.4, -0.2) is 31.1 Å². The maximum atomic E-state index is 3.78. The number of nitrogens with zero attached hydrogens (tertiary/aromatic N) is 1. The molecule has 0 fully saturated rings. The van der Waals surface area contributed by atoms with E-state index in [9.17, 15) is 0 Å². The molecule has 0 aliphatic heterocycles. The molecule has 0 saturated carbocycles. The zero-order valence-corrected chi connectivity index (χ0v) is 13.4. The molecule has 0 amide bonds. The summed E-state index contributed by atoms with van der Waals surface area (Å²) >= 11 is 0. The first-order valence-electron chi connectivity index (χ1n) is 8.30. The van der Waals surface area contributed by atoms with Crippen LogP contribution in [0.2, 0.25) is 0 Å². The minimum atomic E-state index is 0.569. The van der Waals surface area contributed by atoms with Crippen molar-refractivity contribution in [3.05, 3.63) is 35.4 Å². The van der Waals surface area contributed by atoms with Gasteiger partial charge in [0.25, 0.3) is 0 Å². The fraction of sp³-hybridized carbons (Fsp3) is 0.667. The van der Waals surface area contributed by atoms with Crippen molar-refractivity contribution in [2.75, 3.05) is 26.2 Å². The van der Waals surface area contributed by atoms with Crippen molar-refractivity contribution < 1.29 is 0 Å². The van der Waals surface area contributed by atoms with Gasteiger partial charge in [0, 0.05) is 6.04 Å². The van der Waals surface area contributed by atoms with Crippen LogP contribution in [0, 0.1) is 0 Å². The molecule has 0 bridgehead atoms. The molecule has 1 aromatic carbocycles. The van der Waals surface area contributed by atoms with Crippen molar-refractivity contribution in [1.82, 2.24) is 10.2 Å². The number of benzene rings is 1. The third-order valence-corrected chi connectivity index (χ3v) is 4.73. The molecule has 0 spiro atoms. The molecule has 2 heteroatoms. The van der Waals surface area contributed by atoms with Gasteiger partial charge in [-0.1, -0.05) is 45.0 Å². The molecule has 1 aliphatic carbocycles. The van der Waals surface area contributed by atoms with E-state index in [0.29, 0.717) is 6.04 Å². The number of hydrogen-bond acceptors (Lipinski definition) is 2. The first-order chi connectivity index (χ1) is 9.76. The SMILES string of the molecule is CCN(CC)CCCNC1CCC(C)c2ccccc21. The molecule has 112 valence electrons. The predicted molar refractivity (Wildman–Crippen MR) is 87.2 cm³/mol. The lowest BCUT2D eigenvalue weighted by Gasteiger charge is -2.30. The lowest BCUT2D eigenvalue weighted by molar-refractivity contribution is 0.293. The highest BCUT2D eigenvalue weighted by Crippen LogP contribution is 2.36. The van der Waals surface area contributed by atoms with Crippen LogP contribution < -0.4 is 5.32 Å². The normalized spacial score (nSPS) is 22.0. The third kappa shape index (κ3) is 3.83. The van der Waals surface area contributed by atoms with Crippen molar-refractivity contribution in [2.45, 2.75) is 52.0 Å². The molecule has 2 rings (SSSR count). The molecule has 0 heterocycles. The predicted octanol–water partition coefficient (Wildman–Crippen LogP) is 3.95. The topological polar surface area (TPSA) is 15.3 Å². The number of fused-ring (bicyclic) bond motifs is 1. The quantitative estimate of drug-likeness (QED) is 0.757. The first-order valence-corrected chi connectivity index (χ1v) is 8.30. The van der Waals surface area contributed by atoms with Gasteiger partial charge in [-0.2, -0.15) is 0 Å². The largest absolute Gasteiger partial charge is 0.310 e. The van der Waals surface area contributed by atoms with E-state index in [0.717, 1.165) is 12.5 Å². The van der Waals surface area contributed by atoms with Gasteiger partial charge in [-0.05, 0) is 62.5 Å². The second-order valence-corrected chi connectivity index (χ2v) is 5.99. The van der Waals surface area contributed by atoms with Crippen molar-refractivity contribution in [1.29, 1.82) is 0 Å². The summed E-state index contributed by atoms with van der Waals surface area (Å²) in [5.41, 5.74) is 3.09. The molecule has 2 unspecified atom stereocenters. The van der Waals surface area contributed by atoms with E-state index < -0.39 is 0 Å². The summed E-state index contributed by atoms with van der Waals surface area (Å²) in [6, 6.07) is 9.55. The summed E-state index contributed by atoms with van der Waals surface area (Å²) in [6.45, 7) is 11.5. The zero-order valence-electron chi connectivity index (χ0n) is 13.4. The molecule has 0 aromatic heterocycles. The van der Waals surface area contributed by atoms with Crippen molar-refractivity contribution in [2.24, 2.45) is 0 Å². The van der Waals surface area contributed by atoms with Gasteiger partial charge in [0.05, 0.1) is 0 Å². The Morgan fingerprint density at radius 2 is 1.80 bits per heavy atom. The van der Waals surface area contributed by atoms with Gasteiger partial charge in [-0.25, -0.2) is 0 Å². The molecule has 2 nitrogen and oxygen atoms in total. The Morgan fingerprint density at radius 1 is 1.10 bits per heavy atom. The summed E-state index contributed by atoms with van der Waals surface area (Å²) in [6.07, 6.45) is 3.84. The van der Waals surface area contributed by atoms with Crippen LogP contribution in [0.25, 0.3) is 0 Å². The molecular weight excluding hydrogens is 244 g/mol. The van der Waals surface area contributed by atoms with Crippen LogP contribution >= 0.6 is 0 Å². The lowest BCUT2D eigenvalue weighted by Crippen LogP contribution is -2.30. The fourth-order valence-corrected chi connectivity index (χ4v) is 3.34. The highest BCUT2D eigenvalue weighted by Gasteiger charge is 2.23. The molecule has 1 N–H and O–H groups in total. The molecule has 0 saturated heterocycles.